The number of halogens is 3. The lowest BCUT2D eigenvalue weighted by Crippen LogP contribution is -2.21. The van der Waals surface area contributed by atoms with Gasteiger partial charge in [0.25, 0.3) is 0 Å². The maximum Gasteiger partial charge on any atom is 0.200 e. The van der Waals surface area contributed by atoms with Crippen molar-refractivity contribution in [3.8, 4) is 5.75 Å². The molecular formula is C28H33F3O3. The van der Waals surface area contributed by atoms with Gasteiger partial charge in [-0.15, -0.1) is 0 Å². The molecule has 1 heterocycles. The van der Waals surface area contributed by atoms with E-state index < -0.39 is 11.6 Å². The van der Waals surface area contributed by atoms with Gasteiger partial charge in [-0.3, -0.25) is 0 Å². The molecule has 34 heavy (non-hydrogen) atoms. The second kappa shape index (κ2) is 10.3. The SMILES string of the molecule is COC1CCC(c2ccc(OCC3CCC(c4ccc(C5CO5)cc4F)CC3)c(F)c2F)CC1. The number of benzene rings is 2. The third-order valence-corrected chi connectivity index (χ3v) is 8.01. The van der Waals surface area contributed by atoms with Crippen LogP contribution in [0.1, 0.15) is 86.0 Å². The minimum Gasteiger partial charge on any atom is -0.490 e. The average molecular weight is 475 g/mol. The Labute approximate surface area is 199 Å². The van der Waals surface area contributed by atoms with Gasteiger partial charge in [-0.25, -0.2) is 8.78 Å². The summed E-state index contributed by atoms with van der Waals surface area (Å²) in [7, 11) is 1.70. The molecule has 0 N–H and O–H groups in total. The lowest BCUT2D eigenvalue weighted by molar-refractivity contribution is 0.0654. The lowest BCUT2D eigenvalue weighted by atomic mass is 9.78. The van der Waals surface area contributed by atoms with E-state index in [1.54, 1.807) is 25.3 Å². The Bertz CT molecular complexity index is 991. The molecule has 184 valence electrons. The smallest absolute Gasteiger partial charge is 0.200 e. The average Bonchev–Trinajstić information content (AvgIpc) is 3.71. The highest BCUT2D eigenvalue weighted by molar-refractivity contribution is 5.33. The van der Waals surface area contributed by atoms with Crippen LogP contribution in [-0.2, 0) is 9.47 Å². The van der Waals surface area contributed by atoms with Crippen LogP contribution in [0.4, 0.5) is 13.2 Å². The highest BCUT2D eigenvalue weighted by atomic mass is 19.2. The molecule has 1 saturated heterocycles. The first-order chi connectivity index (χ1) is 16.5. The number of epoxide rings is 1. The molecule has 0 bridgehead atoms. The topological polar surface area (TPSA) is 31.0 Å². The Kier molecular flexibility index (Phi) is 7.16. The van der Waals surface area contributed by atoms with E-state index in [4.69, 9.17) is 14.2 Å². The molecule has 1 unspecified atom stereocenters. The van der Waals surface area contributed by atoms with Gasteiger partial charge in [0.15, 0.2) is 11.6 Å². The highest BCUT2D eigenvalue weighted by Crippen LogP contribution is 2.40. The Balaban J connectivity index is 1.14. The number of hydrogen-bond donors (Lipinski definition) is 0. The van der Waals surface area contributed by atoms with Crippen molar-refractivity contribution in [3.05, 3.63) is 64.5 Å². The molecule has 1 aliphatic heterocycles. The van der Waals surface area contributed by atoms with E-state index in [1.807, 2.05) is 12.1 Å². The Morgan fingerprint density at radius 1 is 0.824 bits per heavy atom. The fourth-order valence-corrected chi connectivity index (χ4v) is 5.75. The van der Waals surface area contributed by atoms with Gasteiger partial charge in [-0.1, -0.05) is 18.2 Å². The summed E-state index contributed by atoms with van der Waals surface area (Å²) in [4.78, 5) is 0. The predicted octanol–water partition coefficient (Wildman–Crippen LogP) is 7.20. The number of ether oxygens (including phenoxy) is 3. The minimum absolute atomic E-state index is 0.0159. The third-order valence-electron chi connectivity index (χ3n) is 8.01. The van der Waals surface area contributed by atoms with E-state index in [1.165, 1.54) is 0 Å². The molecule has 0 radical (unpaired) electrons. The van der Waals surface area contributed by atoms with Crippen molar-refractivity contribution in [2.24, 2.45) is 5.92 Å². The Morgan fingerprint density at radius 3 is 2.12 bits per heavy atom. The molecular weight excluding hydrogens is 441 g/mol. The molecule has 1 atom stereocenters. The first kappa shape index (κ1) is 23.7. The normalized spacial score (nSPS) is 29.1. The van der Waals surface area contributed by atoms with Crippen LogP contribution in [0, 0.1) is 23.4 Å². The van der Waals surface area contributed by atoms with E-state index in [0.29, 0.717) is 18.8 Å². The summed E-state index contributed by atoms with van der Waals surface area (Å²) in [6.07, 6.45) is 7.10. The van der Waals surface area contributed by atoms with Gasteiger partial charge in [0, 0.05) is 7.11 Å². The molecule has 2 aliphatic carbocycles. The van der Waals surface area contributed by atoms with Crippen molar-refractivity contribution in [2.75, 3.05) is 20.3 Å². The van der Waals surface area contributed by atoms with Crippen molar-refractivity contribution in [3.63, 3.8) is 0 Å². The van der Waals surface area contributed by atoms with Crippen molar-refractivity contribution in [1.82, 2.24) is 0 Å². The fourth-order valence-electron chi connectivity index (χ4n) is 5.75. The number of methoxy groups -OCH3 is 1. The summed E-state index contributed by atoms with van der Waals surface area (Å²) in [6, 6.07) is 8.72. The largest absolute Gasteiger partial charge is 0.490 e. The van der Waals surface area contributed by atoms with Crippen LogP contribution >= 0.6 is 0 Å². The molecule has 3 nitrogen and oxygen atoms in total. The predicted molar refractivity (Wildman–Crippen MR) is 124 cm³/mol. The molecule has 3 fully saturated rings. The van der Waals surface area contributed by atoms with Crippen LogP contribution in [0.2, 0.25) is 0 Å². The maximum atomic E-state index is 14.8. The second-order valence-corrected chi connectivity index (χ2v) is 10.1. The van der Waals surface area contributed by atoms with Crippen LogP contribution in [0.15, 0.2) is 30.3 Å². The van der Waals surface area contributed by atoms with Crippen molar-refractivity contribution >= 4 is 0 Å². The minimum atomic E-state index is -0.887. The van der Waals surface area contributed by atoms with Gasteiger partial charge in [-0.05, 0) is 97.9 Å². The molecule has 3 aliphatic rings. The summed E-state index contributed by atoms with van der Waals surface area (Å²) < 4.78 is 60.5. The summed E-state index contributed by atoms with van der Waals surface area (Å²) in [6.45, 7) is 1.02. The summed E-state index contributed by atoms with van der Waals surface area (Å²) >= 11 is 0. The molecule has 2 aromatic rings. The van der Waals surface area contributed by atoms with Gasteiger partial charge >= 0.3 is 0 Å². The number of rotatable bonds is 7. The van der Waals surface area contributed by atoms with E-state index >= 15 is 0 Å². The van der Waals surface area contributed by atoms with Crippen LogP contribution in [0.5, 0.6) is 5.75 Å². The second-order valence-electron chi connectivity index (χ2n) is 10.1. The van der Waals surface area contributed by atoms with E-state index in [-0.39, 0.29) is 41.5 Å². The van der Waals surface area contributed by atoms with E-state index in [0.717, 1.165) is 62.5 Å². The van der Waals surface area contributed by atoms with Crippen molar-refractivity contribution in [1.29, 1.82) is 0 Å². The van der Waals surface area contributed by atoms with Gasteiger partial charge in [0.1, 0.15) is 11.9 Å². The zero-order chi connectivity index (χ0) is 23.7. The summed E-state index contributed by atoms with van der Waals surface area (Å²) in [5, 5.41) is 0. The van der Waals surface area contributed by atoms with Crippen molar-refractivity contribution < 1.29 is 27.4 Å². The van der Waals surface area contributed by atoms with Gasteiger partial charge in [0.2, 0.25) is 5.82 Å². The van der Waals surface area contributed by atoms with E-state index in [2.05, 4.69) is 0 Å². The molecule has 0 amide bonds. The van der Waals surface area contributed by atoms with Crippen LogP contribution < -0.4 is 4.74 Å². The van der Waals surface area contributed by atoms with Gasteiger partial charge in [-0.2, -0.15) is 4.39 Å². The fraction of sp³-hybridized carbons (Fsp3) is 0.571. The molecule has 2 aromatic carbocycles. The lowest BCUT2D eigenvalue weighted by Gasteiger charge is -2.29. The molecule has 0 aromatic heterocycles. The van der Waals surface area contributed by atoms with Gasteiger partial charge in [0.05, 0.1) is 19.3 Å². The zero-order valence-electron chi connectivity index (χ0n) is 19.7. The van der Waals surface area contributed by atoms with Crippen LogP contribution in [0.25, 0.3) is 0 Å². The Morgan fingerprint density at radius 2 is 1.47 bits per heavy atom. The quantitative estimate of drug-likeness (QED) is 0.398. The summed E-state index contributed by atoms with van der Waals surface area (Å²) in [5.41, 5.74) is 2.12. The first-order valence-corrected chi connectivity index (χ1v) is 12.6. The molecule has 0 spiro atoms. The van der Waals surface area contributed by atoms with Crippen LogP contribution in [0.3, 0.4) is 0 Å². The van der Waals surface area contributed by atoms with E-state index in [9.17, 15) is 13.2 Å². The highest BCUT2D eigenvalue weighted by Gasteiger charge is 2.29. The Hall–Kier alpha value is -2.05. The number of hydrogen-bond acceptors (Lipinski definition) is 3. The summed E-state index contributed by atoms with van der Waals surface area (Å²) in [5.74, 6) is -1.37. The van der Waals surface area contributed by atoms with Gasteiger partial charge < -0.3 is 14.2 Å². The standard InChI is InChI=1S/C28H33F3O3/c1-32-21-9-6-19(7-10-21)23-12-13-25(28(31)27(23)30)33-15-17-2-4-18(5-3-17)22-11-8-20(14-24(22)29)26-16-34-26/h8,11-14,17-19,21,26H,2-7,9-10,15-16H2,1H3. The molecule has 5 rings (SSSR count). The third kappa shape index (κ3) is 5.13. The monoisotopic (exact) mass is 474 g/mol. The van der Waals surface area contributed by atoms with Crippen molar-refractivity contribution in [2.45, 2.75) is 75.4 Å². The molecule has 2 saturated carbocycles. The zero-order valence-corrected chi connectivity index (χ0v) is 19.7. The molecule has 6 heteroatoms. The first-order valence-electron chi connectivity index (χ1n) is 12.6. The maximum absolute atomic E-state index is 14.8. The van der Waals surface area contributed by atoms with Crippen LogP contribution in [-0.4, -0.2) is 26.4 Å².